The van der Waals surface area contributed by atoms with Crippen molar-refractivity contribution in [3.05, 3.63) is 59.2 Å². The fourth-order valence-electron chi connectivity index (χ4n) is 2.61. The first-order chi connectivity index (χ1) is 13.2. The molecule has 0 aliphatic carbocycles. The molecule has 0 saturated heterocycles. The fraction of sp³-hybridized carbons (Fsp3) is 0.381. The van der Waals surface area contributed by atoms with E-state index in [4.69, 9.17) is 4.74 Å². The highest BCUT2D eigenvalue weighted by Gasteiger charge is 2.18. The van der Waals surface area contributed by atoms with Gasteiger partial charge >= 0.3 is 0 Å². The van der Waals surface area contributed by atoms with Gasteiger partial charge in [0.05, 0.1) is 12.0 Å². The zero-order valence-electron chi connectivity index (χ0n) is 16.8. The van der Waals surface area contributed by atoms with Gasteiger partial charge in [-0.1, -0.05) is 32.0 Å². The molecule has 0 unspecified atom stereocenters. The van der Waals surface area contributed by atoms with E-state index in [0.29, 0.717) is 24.4 Å². The normalized spacial score (nSPS) is 11.5. The summed E-state index contributed by atoms with van der Waals surface area (Å²) in [7, 11) is -2.10. The molecule has 7 heteroatoms. The average Bonchev–Trinajstić information content (AvgIpc) is 2.66. The third-order valence-electron chi connectivity index (χ3n) is 4.30. The third-order valence-corrected chi connectivity index (χ3v) is 5.76. The van der Waals surface area contributed by atoms with Crippen molar-refractivity contribution in [3.63, 3.8) is 0 Å². The van der Waals surface area contributed by atoms with E-state index in [9.17, 15) is 13.2 Å². The summed E-state index contributed by atoms with van der Waals surface area (Å²) in [6.45, 7) is 6.59. The Kier molecular flexibility index (Phi) is 7.60. The Bertz CT molecular complexity index is 907. The summed E-state index contributed by atoms with van der Waals surface area (Å²) >= 11 is 0. The first-order valence-corrected chi connectivity index (χ1v) is 10.7. The lowest BCUT2D eigenvalue weighted by Crippen LogP contribution is -2.29. The monoisotopic (exact) mass is 404 g/mol. The Balaban J connectivity index is 2.05. The van der Waals surface area contributed by atoms with E-state index in [1.807, 2.05) is 38.1 Å². The van der Waals surface area contributed by atoms with Gasteiger partial charge in [-0.15, -0.1) is 0 Å². The van der Waals surface area contributed by atoms with Crippen LogP contribution in [0.1, 0.15) is 35.3 Å². The van der Waals surface area contributed by atoms with Gasteiger partial charge in [-0.3, -0.25) is 4.79 Å². The molecule has 0 atom stereocenters. The summed E-state index contributed by atoms with van der Waals surface area (Å²) < 4.78 is 32.9. The second-order valence-electron chi connectivity index (χ2n) is 7.08. The quantitative estimate of drug-likeness (QED) is 0.673. The smallest absolute Gasteiger partial charge is 0.251 e. The van der Waals surface area contributed by atoms with Gasteiger partial charge in [0.2, 0.25) is 10.0 Å². The molecule has 6 nitrogen and oxygen atoms in total. The van der Waals surface area contributed by atoms with E-state index in [-0.39, 0.29) is 17.3 Å². The fourth-order valence-corrected chi connectivity index (χ4v) is 3.67. The van der Waals surface area contributed by atoms with E-state index in [2.05, 4.69) is 10.0 Å². The molecule has 0 aliphatic rings. The minimum Gasteiger partial charge on any atom is -0.497 e. The number of ether oxygens (including phenoxy) is 1. The number of carbonyl (C=O) groups excluding carboxylic acids is 1. The van der Waals surface area contributed by atoms with Crippen molar-refractivity contribution in [2.45, 2.75) is 32.1 Å². The van der Waals surface area contributed by atoms with Crippen LogP contribution >= 0.6 is 0 Å². The topological polar surface area (TPSA) is 84.5 Å². The molecule has 0 fully saturated rings. The van der Waals surface area contributed by atoms with Gasteiger partial charge < -0.3 is 10.1 Å². The Morgan fingerprint density at radius 3 is 2.39 bits per heavy atom. The van der Waals surface area contributed by atoms with Gasteiger partial charge in [0, 0.05) is 18.7 Å². The van der Waals surface area contributed by atoms with Crippen LogP contribution in [0.4, 0.5) is 0 Å². The van der Waals surface area contributed by atoms with Crippen molar-refractivity contribution >= 4 is 15.9 Å². The third kappa shape index (κ3) is 6.07. The van der Waals surface area contributed by atoms with E-state index < -0.39 is 10.0 Å². The zero-order valence-corrected chi connectivity index (χ0v) is 17.6. The molecule has 1 amide bonds. The molecule has 0 aliphatic heterocycles. The second kappa shape index (κ2) is 9.71. The number of benzene rings is 2. The van der Waals surface area contributed by atoms with Crippen molar-refractivity contribution in [2.75, 3.05) is 20.2 Å². The first-order valence-electron chi connectivity index (χ1n) is 9.24. The van der Waals surface area contributed by atoms with Gasteiger partial charge in [-0.25, -0.2) is 13.1 Å². The minimum absolute atomic E-state index is 0.0857. The lowest BCUT2D eigenvalue weighted by molar-refractivity contribution is 0.0948. The summed E-state index contributed by atoms with van der Waals surface area (Å²) in [4.78, 5) is 12.4. The molecule has 28 heavy (non-hydrogen) atoms. The molecule has 0 radical (unpaired) electrons. The number of methoxy groups -OCH3 is 1. The maximum Gasteiger partial charge on any atom is 0.251 e. The average molecular weight is 405 g/mol. The van der Waals surface area contributed by atoms with Crippen molar-refractivity contribution in [2.24, 2.45) is 5.92 Å². The molecule has 0 saturated carbocycles. The predicted molar refractivity (Wildman–Crippen MR) is 110 cm³/mol. The van der Waals surface area contributed by atoms with Crippen LogP contribution in [0.15, 0.2) is 47.4 Å². The van der Waals surface area contributed by atoms with Crippen molar-refractivity contribution in [3.8, 4) is 5.75 Å². The molecular formula is C21H28N2O4S. The van der Waals surface area contributed by atoms with Crippen molar-refractivity contribution in [1.29, 1.82) is 0 Å². The number of amides is 1. The number of aryl methyl sites for hydroxylation is 1. The van der Waals surface area contributed by atoms with Gasteiger partial charge in [0.25, 0.3) is 5.91 Å². The number of sulfonamides is 1. The Hall–Kier alpha value is -2.38. The lowest BCUT2D eigenvalue weighted by Gasteiger charge is -2.12. The number of carbonyl (C=O) groups is 1. The van der Waals surface area contributed by atoms with Gasteiger partial charge in [-0.05, 0) is 54.7 Å². The molecule has 2 N–H and O–H groups in total. The maximum atomic E-state index is 12.6. The van der Waals surface area contributed by atoms with Crippen LogP contribution in [0, 0.1) is 12.8 Å². The summed E-state index contributed by atoms with van der Waals surface area (Å²) in [5.41, 5.74) is 2.11. The number of hydrogen-bond donors (Lipinski definition) is 2. The Morgan fingerprint density at radius 1 is 1.11 bits per heavy atom. The second-order valence-corrected chi connectivity index (χ2v) is 8.84. The van der Waals surface area contributed by atoms with Gasteiger partial charge in [0.1, 0.15) is 5.75 Å². The summed E-state index contributed by atoms with van der Waals surface area (Å²) in [5, 5.41) is 2.83. The standard InChI is InChI=1S/C21H28N2O4S/c1-15(2)14-22-21(24)20-13-19(10-5-16(20)3)28(25,26)23-12-11-17-6-8-18(27-4)9-7-17/h5-10,13,15,23H,11-12,14H2,1-4H3,(H,22,24). The molecule has 152 valence electrons. The highest BCUT2D eigenvalue weighted by Crippen LogP contribution is 2.16. The number of nitrogens with one attached hydrogen (secondary N) is 2. The molecule has 0 aromatic heterocycles. The van der Waals surface area contributed by atoms with Crippen LogP contribution in [0.2, 0.25) is 0 Å². The first kappa shape index (κ1) is 21.9. The summed E-state index contributed by atoms with van der Waals surface area (Å²) in [6, 6.07) is 12.1. The largest absolute Gasteiger partial charge is 0.497 e. The molecular weight excluding hydrogens is 376 g/mol. The predicted octanol–water partition coefficient (Wildman–Crippen LogP) is 2.91. The summed E-state index contributed by atoms with van der Waals surface area (Å²) in [5.74, 6) is 0.810. The number of rotatable bonds is 9. The molecule has 0 spiro atoms. The van der Waals surface area contributed by atoms with E-state index >= 15 is 0 Å². The minimum atomic E-state index is -3.70. The highest BCUT2D eigenvalue weighted by molar-refractivity contribution is 7.89. The highest BCUT2D eigenvalue weighted by atomic mass is 32.2. The van der Waals surface area contributed by atoms with Crippen LogP contribution in [0.5, 0.6) is 5.75 Å². The Morgan fingerprint density at radius 2 is 1.79 bits per heavy atom. The van der Waals surface area contributed by atoms with Gasteiger partial charge in [-0.2, -0.15) is 0 Å². The van der Waals surface area contributed by atoms with Crippen molar-refractivity contribution < 1.29 is 17.9 Å². The van der Waals surface area contributed by atoms with Crippen LogP contribution in [0.3, 0.4) is 0 Å². The molecule has 2 aromatic carbocycles. The van der Waals surface area contributed by atoms with E-state index in [1.54, 1.807) is 20.1 Å². The van der Waals surface area contributed by atoms with E-state index in [0.717, 1.165) is 16.9 Å². The lowest BCUT2D eigenvalue weighted by atomic mass is 10.1. The van der Waals surface area contributed by atoms with E-state index in [1.165, 1.54) is 12.1 Å². The Labute approximate surface area is 167 Å². The van der Waals surface area contributed by atoms with Crippen LogP contribution < -0.4 is 14.8 Å². The molecule has 2 rings (SSSR count). The van der Waals surface area contributed by atoms with Gasteiger partial charge in [0.15, 0.2) is 0 Å². The SMILES string of the molecule is COc1ccc(CCNS(=O)(=O)c2ccc(C)c(C(=O)NCC(C)C)c2)cc1. The van der Waals surface area contributed by atoms with Crippen LogP contribution in [-0.2, 0) is 16.4 Å². The maximum absolute atomic E-state index is 12.6. The number of hydrogen-bond acceptors (Lipinski definition) is 4. The molecule has 0 bridgehead atoms. The van der Waals surface area contributed by atoms with Crippen molar-refractivity contribution in [1.82, 2.24) is 10.0 Å². The van der Waals surface area contributed by atoms with Crippen LogP contribution in [0.25, 0.3) is 0 Å². The summed E-state index contributed by atoms with van der Waals surface area (Å²) in [6.07, 6.45) is 0.552. The molecule has 0 heterocycles. The van der Waals surface area contributed by atoms with Crippen LogP contribution in [-0.4, -0.2) is 34.5 Å². The zero-order chi connectivity index (χ0) is 20.7. The molecule has 2 aromatic rings.